The van der Waals surface area contributed by atoms with Crippen LogP contribution in [0, 0.1) is 0 Å². The lowest BCUT2D eigenvalue weighted by Crippen LogP contribution is -2.20. The second-order valence-electron chi connectivity index (χ2n) is 5.92. The van der Waals surface area contributed by atoms with Crippen LogP contribution < -0.4 is 16.4 Å². The van der Waals surface area contributed by atoms with Gasteiger partial charge in [0.1, 0.15) is 5.02 Å². The standard InChI is InChI=1S/C19H16Cl2N6O2/c20-16-10-24-18(21)27-17(16)26-15-4-3-13(8-25-19(28)29)12(6-15)2-1-11-5-14(22)9-23-7-11/h1-7,9-10,25H,8,22H2,(H,28,29)(H,24,26,27). The monoisotopic (exact) mass is 430 g/mol. The Bertz CT molecular complexity index is 1070. The Morgan fingerprint density at radius 2 is 2.00 bits per heavy atom. The number of carbonyl (C=O) groups is 1. The van der Waals surface area contributed by atoms with Crippen molar-refractivity contribution in [1.29, 1.82) is 0 Å². The van der Waals surface area contributed by atoms with Gasteiger partial charge in [0.15, 0.2) is 5.82 Å². The normalized spacial score (nSPS) is 10.8. The molecule has 10 heteroatoms. The van der Waals surface area contributed by atoms with Gasteiger partial charge in [-0.3, -0.25) is 4.98 Å². The molecule has 3 rings (SSSR count). The van der Waals surface area contributed by atoms with Crippen molar-refractivity contribution in [3.63, 3.8) is 0 Å². The van der Waals surface area contributed by atoms with Crippen molar-refractivity contribution in [1.82, 2.24) is 20.3 Å². The molecule has 0 aliphatic heterocycles. The molecule has 0 aliphatic rings. The maximum absolute atomic E-state index is 10.9. The summed E-state index contributed by atoms with van der Waals surface area (Å²) >= 11 is 11.9. The van der Waals surface area contributed by atoms with E-state index in [4.69, 9.17) is 34.0 Å². The maximum atomic E-state index is 10.9. The Kier molecular flexibility index (Phi) is 6.48. The average Bonchev–Trinajstić information content (AvgIpc) is 2.68. The van der Waals surface area contributed by atoms with E-state index >= 15 is 0 Å². The van der Waals surface area contributed by atoms with Gasteiger partial charge in [0.2, 0.25) is 5.28 Å². The molecule has 1 amide bonds. The highest BCUT2D eigenvalue weighted by molar-refractivity contribution is 6.33. The first-order valence-corrected chi connectivity index (χ1v) is 9.09. The molecule has 2 aromatic heterocycles. The largest absolute Gasteiger partial charge is 0.465 e. The van der Waals surface area contributed by atoms with E-state index in [0.717, 1.165) is 16.7 Å². The third kappa shape index (κ3) is 5.81. The molecule has 0 spiro atoms. The van der Waals surface area contributed by atoms with Crippen LogP contribution in [0.15, 0.2) is 42.9 Å². The third-order valence-electron chi connectivity index (χ3n) is 3.79. The Hall–Kier alpha value is -3.36. The molecule has 0 fully saturated rings. The molecule has 2 heterocycles. The molecule has 0 aliphatic carbocycles. The predicted octanol–water partition coefficient (Wildman–Crippen LogP) is 4.44. The summed E-state index contributed by atoms with van der Waals surface area (Å²) in [6.45, 7) is 0.143. The third-order valence-corrected chi connectivity index (χ3v) is 4.25. The molecule has 0 bridgehead atoms. The quantitative estimate of drug-likeness (QED) is 0.425. The van der Waals surface area contributed by atoms with Gasteiger partial charge in [0.25, 0.3) is 0 Å². The number of amides is 1. The summed E-state index contributed by atoms with van der Waals surface area (Å²) in [5.74, 6) is 0.359. The highest BCUT2D eigenvalue weighted by Gasteiger charge is 2.08. The van der Waals surface area contributed by atoms with Crippen LogP contribution >= 0.6 is 23.2 Å². The van der Waals surface area contributed by atoms with Crippen LogP contribution in [0.2, 0.25) is 10.3 Å². The summed E-state index contributed by atoms with van der Waals surface area (Å²) in [5.41, 5.74) is 9.36. The van der Waals surface area contributed by atoms with Crippen molar-refractivity contribution in [2.24, 2.45) is 0 Å². The van der Waals surface area contributed by atoms with E-state index in [-0.39, 0.29) is 11.8 Å². The van der Waals surface area contributed by atoms with Gasteiger partial charge in [0.05, 0.1) is 11.9 Å². The van der Waals surface area contributed by atoms with Crippen molar-refractivity contribution in [2.45, 2.75) is 6.54 Å². The number of nitrogens with one attached hydrogen (secondary N) is 2. The van der Waals surface area contributed by atoms with Crippen LogP contribution in [0.4, 0.5) is 22.0 Å². The zero-order chi connectivity index (χ0) is 20.8. The second kappa shape index (κ2) is 9.22. The number of hydrogen-bond acceptors (Lipinski definition) is 6. The van der Waals surface area contributed by atoms with Gasteiger partial charge < -0.3 is 21.5 Å². The minimum atomic E-state index is -1.11. The molecule has 5 N–H and O–H groups in total. The minimum absolute atomic E-state index is 0.0634. The first-order valence-electron chi connectivity index (χ1n) is 8.34. The number of rotatable bonds is 6. The van der Waals surface area contributed by atoms with Gasteiger partial charge >= 0.3 is 6.09 Å². The first kappa shape index (κ1) is 20.4. The zero-order valence-corrected chi connectivity index (χ0v) is 16.4. The summed E-state index contributed by atoms with van der Waals surface area (Å²) in [4.78, 5) is 22.8. The number of nitrogens with zero attached hydrogens (tertiary/aromatic N) is 3. The van der Waals surface area contributed by atoms with Crippen molar-refractivity contribution in [3.05, 3.63) is 69.9 Å². The Balaban J connectivity index is 1.92. The number of carboxylic acid groups (broad SMARTS) is 1. The Labute approximate surface area is 176 Å². The van der Waals surface area contributed by atoms with Crippen LogP contribution in [0.25, 0.3) is 12.2 Å². The predicted molar refractivity (Wildman–Crippen MR) is 114 cm³/mol. The van der Waals surface area contributed by atoms with Crippen LogP contribution in [-0.4, -0.2) is 26.2 Å². The number of nitrogen functional groups attached to an aromatic ring is 1. The van der Waals surface area contributed by atoms with Crippen LogP contribution in [0.3, 0.4) is 0 Å². The molecule has 3 aromatic rings. The number of pyridine rings is 1. The Morgan fingerprint density at radius 3 is 2.76 bits per heavy atom. The van der Waals surface area contributed by atoms with E-state index in [0.29, 0.717) is 22.2 Å². The van der Waals surface area contributed by atoms with Crippen molar-refractivity contribution in [3.8, 4) is 0 Å². The lowest BCUT2D eigenvalue weighted by Gasteiger charge is -2.12. The Morgan fingerprint density at radius 1 is 1.17 bits per heavy atom. The van der Waals surface area contributed by atoms with Crippen LogP contribution in [0.1, 0.15) is 16.7 Å². The minimum Gasteiger partial charge on any atom is -0.465 e. The van der Waals surface area contributed by atoms with Crippen molar-refractivity contribution >= 4 is 58.6 Å². The number of hydrogen-bond donors (Lipinski definition) is 4. The first-order chi connectivity index (χ1) is 13.9. The second-order valence-corrected chi connectivity index (χ2v) is 6.66. The topological polar surface area (TPSA) is 126 Å². The summed E-state index contributed by atoms with van der Waals surface area (Å²) in [6.07, 6.45) is 7.20. The number of aromatic nitrogens is 3. The molecule has 0 saturated carbocycles. The number of nitrogens with two attached hydrogens (primary N) is 1. The highest BCUT2D eigenvalue weighted by Crippen LogP contribution is 2.26. The van der Waals surface area contributed by atoms with Gasteiger partial charge in [-0.05, 0) is 46.5 Å². The zero-order valence-electron chi connectivity index (χ0n) is 14.9. The summed E-state index contributed by atoms with van der Waals surface area (Å²) in [6, 6.07) is 7.20. The molecule has 1 aromatic carbocycles. The number of halogens is 2. The lowest BCUT2D eigenvalue weighted by atomic mass is 10.0. The van der Waals surface area contributed by atoms with Gasteiger partial charge in [-0.15, -0.1) is 0 Å². The van der Waals surface area contributed by atoms with Crippen LogP contribution in [-0.2, 0) is 6.54 Å². The van der Waals surface area contributed by atoms with E-state index in [1.807, 2.05) is 18.2 Å². The van der Waals surface area contributed by atoms with Gasteiger partial charge in [-0.2, -0.15) is 4.98 Å². The number of anilines is 3. The van der Waals surface area contributed by atoms with E-state index in [1.165, 1.54) is 6.20 Å². The molecular weight excluding hydrogens is 415 g/mol. The molecule has 0 unspecified atom stereocenters. The molecule has 0 radical (unpaired) electrons. The smallest absolute Gasteiger partial charge is 0.404 e. The molecule has 148 valence electrons. The SMILES string of the molecule is Nc1cncc(C=Cc2cc(Nc3nc(Cl)ncc3Cl)ccc2CNC(=O)O)c1. The van der Waals surface area contributed by atoms with Gasteiger partial charge in [0, 0.05) is 24.6 Å². The highest BCUT2D eigenvalue weighted by atomic mass is 35.5. The molecular formula is C19H16Cl2N6O2. The average molecular weight is 431 g/mol. The van der Waals surface area contributed by atoms with Crippen LogP contribution in [0.5, 0.6) is 0 Å². The van der Waals surface area contributed by atoms with Gasteiger partial charge in [-0.25, -0.2) is 9.78 Å². The lowest BCUT2D eigenvalue weighted by molar-refractivity contribution is 0.194. The fourth-order valence-electron chi connectivity index (χ4n) is 2.48. The maximum Gasteiger partial charge on any atom is 0.404 e. The molecule has 29 heavy (non-hydrogen) atoms. The fourth-order valence-corrected chi connectivity index (χ4v) is 2.75. The number of benzene rings is 1. The fraction of sp³-hybridized carbons (Fsp3) is 0.0526. The van der Waals surface area contributed by atoms with Crippen molar-refractivity contribution < 1.29 is 9.90 Å². The summed E-state index contributed by atoms with van der Waals surface area (Å²) < 4.78 is 0. The molecule has 8 nitrogen and oxygen atoms in total. The molecule has 0 atom stereocenters. The summed E-state index contributed by atoms with van der Waals surface area (Å²) in [7, 11) is 0. The van der Waals surface area contributed by atoms with E-state index in [1.54, 1.807) is 30.6 Å². The summed E-state index contributed by atoms with van der Waals surface area (Å²) in [5, 5.41) is 14.7. The van der Waals surface area contributed by atoms with E-state index in [9.17, 15) is 4.79 Å². The van der Waals surface area contributed by atoms with Crippen molar-refractivity contribution in [2.75, 3.05) is 11.1 Å². The van der Waals surface area contributed by atoms with Gasteiger partial charge in [-0.1, -0.05) is 29.8 Å². The van der Waals surface area contributed by atoms with E-state index in [2.05, 4.69) is 25.6 Å². The van der Waals surface area contributed by atoms with E-state index < -0.39 is 6.09 Å². The molecule has 0 saturated heterocycles.